The third kappa shape index (κ3) is 3.55. The lowest BCUT2D eigenvalue weighted by molar-refractivity contribution is 0.0921. The van der Waals surface area contributed by atoms with Gasteiger partial charge in [-0.3, -0.25) is 9.59 Å². The van der Waals surface area contributed by atoms with Crippen molar-refractivity contribution in [1.29, 1.82) is 0 Å². The van der Waals surface area contributed by atoms with Crippen LogP contribution in [0.15, 0.2) is 46.6 Å². The van der Waals surface area contributed by atoms with Crippen molar-refractivity contribution in [2.45, 2.75) is 39.8 Å². The first-order chi connectivity index (χ1) is 12.5. The van der Waals surface area contributed by atoms with Gasteiger partial charge >= 0.3 is 0 Å². The van der Waals surface area contributed by atoms with Gasteiger partial charge in [0.2, 0.25) is 0 Å². The molecule has 0 radical (unpaired) electrons. The maximum atomic E-state index is 13.1. The Morgan fingerprint density at radius 3 is 2.54 bits per heavy atom. The first-order valence-electron chi connectivity index (χ1n) is 8.87. The number of carbonyl (C=O) groups is 1. The minimum Gasteiger partial charge on any atom is -0.343 e. The largest absolute Gasteiger partial charge is 0.343 e. The van der Waals surface area contributed by atoms with Crippen LogP contribution >= 0.6 is 11.3 Å². The Labute approximate surface area is 156 Å². The number of hydrogen-bond acceptors (Lipinski definition) is 4. The lowest BCUT2D eigenvalue weighted by Gasteiger charge is -2.21. The van der Waals surface area contributed by atoms with Crippen molar-refractivity contribution in [3.05, 3.63) is 62.7 Å². The van der Waals surface area contributed by atoms with Gasteiger partial charge in [-0.15, -0.1) is 11.3 Å². The van der Waals surface area contributed by atoms with Gasteiger partial charge in [0.15, 0.2) is 5.69 Å². The summed E-state index contributed by atoms with van der Waals surface area (Å²) < 4.78 is 1.40. The van der Waals surface area contributed by atoms with E-state index in [2.05, 4.69) is 24.3 Å². The lowest BCUT2D eigenvalue weighted by Crippen LogP contribution is -2.34. The molecule has 0 aliphatic rings. The van der Waals surface area contributed by atoms with Crippen molar-refractivity contribution in [1.82, 2.24) is 15.1 Å². The highest BCUT2D eigenvalue weighted by molar-refractivity contribution is 7.10. The Morgan fingerprint density at radius 2 is 1.92 bits per heavy atom. The monoisotopic (exact) mass is 369 g/mol. The maximum absolute atomic E-state index is 13.1. The highest BCUT2D eigenvalue weighted by atomic mass is 32.1. The van der Waals surface area contributed by atoms with Crippen molar-refractivity contribution in [2.75, 3.05) is 0 Å². The van der Waals surface area contributed by atoms with Gasteiger partial charge in [-0.1, -0.05) is 45.0 Å². The van der Waals surface area contributed by atoms with Crippen LogP contribution in [0.25, 0.3) is 10.8 Å². The highest BCUT2D eigenvalue weighted by Crippen LogP contribution is 2.26. The first-order valence-corrected chi connectivity index (χ1v) is 9.75. The van der Waals surface area contributed by atoms with Crippen molar-refractivity contribution in [3.8, 4) is 0 Å². The molecule has 2 heterocycles. The molecule has 0 spiro atoms. The number of amides is 1. The van der Waals surface area contributed by atoms with Crippen LogP contribution < -0.4 is 10.9 Å². The van der Waals surface area contributed by atoms with Crippen molar-refractivity contribution < 1.29 is 4.79 Å². The number of aryl methyl sites for hydroxylation is 1. The summed E-state index contributed by atoms with van der Waals surface area (Å²) in [6, 6.07) is 11.1. The van der Waals surface area contributed by atoms with E-state index in [1.807, 2.05) is 36.6 Å². The van der Waals surface area contributed by atoms with Crippen LogP contribution in [-0.4, -0.2) is 15.7 Å². The fraction of sp³-hybridized carbons (Fsp3) is 0.350. The molecule has 1 amide bonds. The number of benzene rings is 1. The Balaban J connectivity index is 2.05. The van der Waals surface area contributed by atoms with Crippen LogP contribution in [-0.2, 0) is 6.54 Å². The quantitative estimate of drug-likeness (QED) is 0.714. The molecule has 0 saturated heterocycles. The van der Waals surface area contributed by atoms with E-state index < -0.39 is 0 Å². The summed E-state index contributed by atoms with van der Waals surface area (Å²) in [5.74, 6) is -0.0106. The molecule has 0 bridgehead atoms. The van der Waals surface area contributed by atoms with Crippen molar-refractivity contribution in [3.63, 3.8) is 0 Å². The van der Waals surface area contributed by atoms with Gasteiger partial charge in [0, 0.05) is 16.8 Å². The molecule has 3 rings (SSSR count). The SMILES string of the molecule is CCCn1nc(C(=O)N[C@@H](c2cccs2)C(C)C)c2ccccc2c1=O. The Morgan fingerprint density at radius 1 is 1.19 bits per heavy atom. The molecule has 3 aromatic rings. The molecule has 1 aromatic carbocycles. The molecule has 0 aliphatic heterocycles. The lowest BCUT2D eigenvalue weighted by atomic mass is 10.0. The summed E-state index contributed by atoms with van der Waals surface area (Å²) in [5.41, 5.74) is 0.147. The second-order valence-corrected chi connectivity index (χ2v) is 7.61. The summed E-state index contributed by atoms with van der Waals surface area (Å²) in [7, 11) is 0. The van der Waals surface area contributed by atoms with Gasteiger partial charge < -0.3 is 5.32 Å². The predicted octanol–water partition coefficient (Wildman–Crippen LogP) is 4.00. The Kier molecular flexibility index (Phi) is 5.52. The van der Waals surface area contributed by atoms with Crippen LogP contribution in [0.2, 0.25) is 0 Å². The average Bonchev–Trinajstić information content (AvgIpc) is 3.16. The molecule has 0 unspecified atom stereocenters. The summed E-state index contributed by atoms with van der Waals surface area (Å²) in [6.07, 6.45) is 0.774. The van der Waals surface area contributed by atoms with Crippen LogP contribution in [0.3, 0.4) is 0 Å². The predicted molar refractivity (Wildman–Crippen MR) is 106 cm³/mol. The van der Waals surface area contributed by atoms with E-state index in [1.54, 1.807) is 23.5 Å². The van der Waals surface area contributed by atoms with E-state index in [0.29, 0.717) is 23.0 Å². The Hall–Kier alpha value is -2.47. The van der Waals surface area contributed by atoms with Crippen molar-refractivity contribution >= 4 is 28.0 Å². The third-order valence-electron chi connectivity index (χ3n) is 4.32. The molecule has 0 saturated carbocycles. The summed E-state index contributed by atoms with van der Waals surface area (Å²) in [4.78, 5) is 26.7. The minimum absolute atomic E-state index is 0.0883. The molecular formula is C20H23N3O2S. The molecule has 5 nitrogen and oxygen atoms in total. The Bertz CT molecular complexity index is 961. The topological polar surface area (TPSA) is 64.0 Å². The van der Waals surface area contributed by atoms with Gasteiger partial charge in [-0.25, -0.2) is 4.68 Å². The first kappa shape index (κ1) is 18.3. The number of fused-ring (bicyclic) bond motifs is 1. The highest BCUT2D eigenvalue weighted by Gasteiger charge is 2.23. The second-order valence-electron chi connectivity index (χ2n) is 6.63. The smallest absolute Gasteiger partial charge is 0.274 e. The number of aromatic nitrogens is 2. The van der Waals surface area contributed by atoms with E-state index in [9.17, 15) is 9.59 Å². The molecule has 0 fully saturated rings. The van der Waals surface area contributed by atoms with E-state index in [1.165, 1.54) is 4.68 Å². The van der Waals surface area contributed by atoms with Crippen LogP contribution in [0.4, 0.5) is 0 Å². The van der Waals surface area contributed by atoms with Gasteiger partial charge in [0.05, 0.1) is 11.4 Å². The molecule has 1 N–H and O–H groups in total. The standard InChI is InChI=1S/C20H23N3O2S/c1-4-11-23-20(25)15-9-6-5-8-14(15)18(22-23)19(24)21-17(13(2)3)16-10-7-12-26-16/h5-10,12-13,17H,4,11H2,1-3H3,(H,21,24)/t17-/m1/s1. The molecule has 6 heteroatoms. The van der Waals surface area contributed by atoms with Gasteiger partial charge in [0.25, 0.3) is 11.5 Å². The summed E-state index contributed by atoms with van der Waals surface area (Å²) in [5, 5.41) is 10.6. The van der Waals surface area contributed by atoms with Gasteiger partial charge in [-0.2, -0.15) is 5.10 Å². The van der Waals surface area contributed by atoms with Gasteiger partial charge in [0.1, 0.15) is 0 Å². The van der Waals surface area contributed by atoms with Crippen LogP contribution in [0, 0.1) is 5.92 Å². The zero-order valence-electron chi connectivity index (χ0n) is 15.2. The zero-order valence-corrected chi connectivity index (χ0v) is 16.0. The summed E-state index contributed by atoms with van der Waals surface area (Å²) >= 11 is 1.62. The number of carbonyl (C=O) groups excluding carboxylic acids is 1. The third-order valence-corrected chi connectivity index (χ3v) is 5.28. The second kappa shape index (κ2) is 7.83. The van der Waals surface area contributed by atoms with Gasteiger partial charge in [-0.05, 0) is 29.9 Å². The number of nitrogens with zero attached hydrogens (tertiary/aromatic N) is 2. The maximum Gasteiger partial charge on any atom is 0.274 e. The summed E-state index contributed by atoms with van der Waals surface area (Å²) in [6.45, 7) is 6.62. The number of nitrogens with one attached hydrogen (secondary N) is 1. The number of rotatable bonds is 6. The fourth-order valence-corrected chi connectivity index (χ4v) is 3.96. The van der Waals surface area contributed by atoms with Crippen LogP contribution in [0.5, 0.6) is 0 Å². The molecule has 2 aromatic heterocycles. The fourth-order valence-electron chi connectivity index (χ4n) is 3.01. The minimum atomic E-state index is -0.252. The van der Waals surface area contributed by atoms with Crippen LogP contribution in [0.1, 0.15) is 48.6 Å². The molecule has 136 valence electrons. The van der Waals surface area contributed by atoms with Crippen molar-refractivity contribution in [2.24, 2.45) is 5.92 Å². The number of hydrogen-bond donors (Lipinski definition) is 1. The van der Waals surface area contributed by atoms with E-state index in [0.717, 1.165) is 11.3 Å². The van der Waals surface area contributed by atoms with E-state index >= 15 is 0 Å². The zero-order chi connectivity index (χ0) is 18.7. The molecular weight excluding hydrogens is 346 g/mol. The van der Waals surface area contributed by atoms with E-state index in [4.69, 9.17) is 0 Å². The number of thiophene rings is 1. The van der Waals surface area contributed by atoms with E-state index in [-0.39, 0.29) is 23.4 Å². The normalized spacial score (nSPS) is 12.5. The molecule has 0 aliphatic carbocycles. The average molecular weight is 369 g/mol. The molecule has 26 heavy (non-hydrogen) atoms. The molecule has 1 atom stereocenters.